The average Bonchev–Trinajstić information content (AvgIpc) is 3.24. The van der Waals surface area contributed by atoms with E-state index in [1.54, 1.807) is 0 Å². The van der Waals surface area contributed by atoms with E-state index in [0.29, 0.717) is 0 Å². The Morgan fingerprint density at radius 2 is 1.15 bits per heavy atom. The van der Waals surface area contributed by atoms with Gasteiger partial charge in [0, 0.05) is 30.9 Å². The molecule has 2 heteroatoms. The molecule has 1 nitrogen and oxygen atoms in total. The largest absolute Gasteiger partial charge is 0.456 e. The third-order valence-electron chi connectivity index (χ3n) is 5.09. The maximum absolute atomic E-state index is 6.05. The molecule has 122 valence electrons. The van der Waals surface area contributed by atoms with Crippen LogP contribution in [0.1, 0.15) is 0 Å². The van der Waals surface area contributed by atoms with Gasteiger partial charge >= 0.3 is 0 Å². The summed E-state index contributed by atoms with van der Waals surface area (Å²) in [6.07, 6.45) is 0. The van der Waals surface area contributed by atoms with Gasteiger partial charge in [0.2, 0.25) is 0 Å². The molecule has 0 saturated heterocycles. The number of rotatable bonds is 1. The first kappa shape index (κ1) is 14.1. The van der Waals surface area contributed by atoms with Crippen LogP contribution in [0.25, 0.3) is 53.2 Å². The minimum Gasteiger partial charge on any atom is -0.456 e. The highest BCUT2D eigenvalue weighted by Gasteiger charge is 2.10. The molecule has 6 aromatic rings. The lowest BCUT2D eigenvalue weighted by Gasteiger charge is -2.02. The van der Waals surface area contributed by atoms with Gasteiger partial charge in [0.15, 0.2) is 0 Å². The second-order valence-electron chi connectivity index (χ2n) is 6.62. The molecular formula is C24H14OS. The van der Waals surface area contributed by atoms with Crippen LogP contribution in [0.2, 0.25) is 0 Å². The topological polar surface area (TPSA) is 13.1 Å². The summed E-state index contributed by atoms with van der Waals surface area (Å²) >= 11 is 1.85. The molecule has 26 heavy (non-hydrogen) atoms. The monoisotopic (exact) mass is 350 g/mol. The summed E-state index contributed by atoms with van der Waals surface area (Å²) in [5.74, 6) is 0. The molecule has 2 heterocycles. The highest BCUT2D eigenvalue weighted by atomic mass is 32.1. The van der Waals surface area contributed by atoms with Gasteiger partial charge in [0.25, 0.3) is 0 Å². The summed E-state index contributed by atoms with van der Waals surface area (Å²) in [5, 5.41) is 5.02. The maximum atomic E-state index is 6.05. The number of hydrogen-bond acceptors (Lipinski definition) is 2. The van der Waals surface area contributed by atoms with Crippen molar-refractivity contribution in [1.82, 2.24) is 0 Å². The Bertz CT molecular complexity index is 1320. The average molecular weight is 350 g/mol. The molecule has 4 aromatic carbocycles. The lowest BCUT2D eigenvalue weighted by Crippen LogP contribution is -1.77. The Morgan fingerprint density at radius 3 is 2.08 bits per heavy atom. The highest BCUT2D eigenvalue weighted by molar-refractivity contribution is 7.25. The SMILES string of the molecule is c1ccc2c(c1)oc1cc(-c3ccc4c(c3)sc3ccccc34)ccc12. The fraction of sp³-hybridized carbons (Fsp3) is 0. The predicted octanol–water partition coefficient (Wildman–Crippen LogP) is 7.62. The standard InChI is InChI=1S/C24H14OS/c1-3-7-21-17(5-1)18-11-9-15(13-22(18)25-21)16-10-12-20-19-6-2-4-8-23(19)26-24(20)14-16/h1-14H. The van der Waals surface area contributed by atoms with Crippen LogP contribution in [-0.2, 0) is 0 Å². The van der Waals surface area contributed by atoms with Gasteiger partial charge in [-0.15, -0.1) is 11.3 Å². The molecule has 0 atom stereocenters. The summed E-state index contributed by atoms with van der Waals surface area (Å²) in [6.45, 7) is 0. The lowest BCUT2D eigenvalue weighted by atomic mass is 10.0. The molecule has 2 aromatic heterocycles. The van der Waals surface area contributed by atoms with Crippen LogP contribution >= 0.6 is 11.3 Å². The molecule has 0 saturated carbocycles. The predicted molar refractivity (Wildman–Crippen MR) is 112 cm³/mol. The second kappa shape index (κ2) is 5.20. The summed E-state index contributed by atoms with van der Waals surface area (Å²) < 4.78 is 8.72. The van der Waals surface area contributed by atoms with Gasteiger partial charge in [0.05, 0.1) is 0 Å². The second-order valence-corrected chi connectivity index (χ2v) is 7.70. The molecular weight excluding hydrogens is 336 g/mol. The zero-order valence-electron chi connectivity index (χ0n) is 13.9. The third kappa shape index (κ3) is 1.97. The van der Waals surface area contributed by atoms with Gasteiger partial charge in [-0.05, 0) is 41.5 Å². The number of benzene rings is 4. The van der Waals surface area contributed by atoms with Gasteiger partial charge in [-0.25, -0.2) is 0 Å². The van der Waals surface area contributed by atoms with Crippen molar-refractivity contribution in [3.8, 4) is 11.1 Å². The highest BCUT2D eigenvalue weighted by Crippen LogP contribution is 2.37. The van der Waals surface area contributed by atoms with Gasteiger partial charge in [-0.2, -0.15) is 0 Å². The van der Waals surface area contributed by atoms with Crippen LogP contribution < -0.4 is 0 Å². The summed E-state index contributed by atoms with van der Waals surface area (Å²) in [7, 11) is 0. The smallest absolute Gasteiger partial charge is 0.136 e. The van der Waals surface area contributed by atoms with Gasteiger partial charge in [-0.1, -0.05) is 54.6 Å². The zero-order valence-corrected chi connectivity index (χ0v) is 14.7. The van der Waals surface area contributed by atoms with Crippen molar-refractivity contribution in [2.75, 3.05) is 0 Å². The molecule has 6 rings (SSSR count). The molecule has 0 radical (unpaired) electrons. The van der Waals surface area contributed by atoms with Crippen LogP contribution in [0, 0.1) is 0 Å². The fourth-order valence-corrected chi connectivity index (χ4v) is 4.96. The Labute approximate surface area is 154 Å². The minimum atomic E-state index is 0.944. The Kier molecular flexibility index (Phi) is 2.82. The van der Waals surface area contributed by atoms with E-state index in [-0.39, 0.29) is 0 Å². The lowest BCUT2D eigenvalue weighted by molar-refractivity contribution is 0.669. The van der Waals surface area contributed by atoms with E-state index >= 15 is 0 Å². The molecule has 0 fully saturated rings. The first-order valence-electron chi connectivity index (χ1n) is 8.70. The first-order valence-corrected chi connectivity index (χ1v) is 9.51. The summed E-state index contributed by atoms with van der Waals surface area (Å²) in [4.78, 5) is 0. The van der Waals surface area contributed by atoms with Crippen molar-refractivity contribution in [2.45, 2.75) is 0 Å². The van der Waals surface area contributed by atoms with Crippen molar-refractivity contribution < 1.29 is 4.42 Å². The van der Waals surface area contributed by atoms with E-state index in [2.05, 4.69) is 72.8 Å². The maximum Gasteiger partial charge on any atom is 0.136 e. The molecule has 0 bridgehead atoms. The van der Waals surface area contributed by atoms with Gasteiger partial charge in [-0.3, -0.25) is 0 Å². The number of fused-ring (bicyclic) bond motifs is 6. The Balaban J connectivity index is 1.57. The molecule has 0 spiro atoms. The number of para-hydroxylation sites is 1. The van der Waals surface area contributed by atoms with Gasteiger partial charge < -0.3 is 4.42 Å². The first-order chi connectivity index (χ1) is 12.9. The van der Waals surface area contributed by atoms with E-state index in [0.717, 1.165) is 11.2 Å². The Morgan fingerprint density at radius 1 is 0.500 bits per heavy atom. The van der Waals surface area contributed by atoms with Crippen molar-refractivity contribution >= 4 is 53.4 Å². The van der Waals surface area contributed by atoms with E-state index in [9.17, 15) is 0 Å². The van der Waals surface area contributed by atoms with Crippen LogP contribution in [-0.4, -0.2) is 0 Å². The number of thiophene rings is 1. The molecule has 0 N–H and O–H groups in total. The van der Waals surface area contributed by atoms with E-state index in [4.69, 9.17) is 4.42 Å². The van der Waals surface area contributed by atoms with Crippen molar-refractivity contribution in [2.24, 2.45) is 0 Å². The Hall–Kier alpha value is -3.10. The molecule has 0 aliphatic heterocycles. The van der Waals surface area contributed by atoms with E-state index in [1.165, 1.54) is 42.1 Å². The number of furan rings is 1. The van der Waals surface area contributed by atoms with Crippen LogP contribution in [0.3, 0.4) is 0 Å². The van der Waals surface area contributed by atoms with Crippen molar-refractivity contribution in [3.05, 3.63) is 84.9 Å². The van der Waals surface area contributed by atoms with Crippen LogP contribution in [0.5, 0.6) is 0 Å². The third-order valence-corrected chi connectivity index (χ3v) is 6.22. The van der Waals surface area contributed by atoms with E-state index in [1.807, 2.05) is 23.5 Å². The number of hydrogen-bond donors (Lipinski definition) is 0. The molecule has 0 amide bonds. The van der Waals surface area contributed by atoms with Crippen LogP contribution in [0.4, 0.5) is 0 Å². The normalized spacial score (nSPS) is 11.8. The molecule has 0 aliphatic rings. The quantitative estimate of drug-likeness (QED) is 0.297. The van der Waals surface area contributed by atoms with E-state index < -0.39 is 0 Å². The van der Waals surface area contributed by atoms with Gasteiger partial charge in [0.1, 0.15) is 11.2 Å². The molecule has 0 aliphatic carbocycles. The summed E-state index contributed by atoms with van der Waals surface area (Å²) in [5.41, 5.74) is 4.31. The summed E-state index contributed by atoms with van der Waals surface area (Å²) in [6, 6.07) is 30.1. The van der Waals surface area contributed by atoms with Crippen LogP contribution in [0.15, 0.2) is 89.3 Å². The molecule has 0 unspecified atom stereocenters. The minimum absolute atomic E-state index is 0.944. The van der Waals surface area contributed by atoms with Crippen molar-refractivity contribution in [1.29, 1.82) is 0 Å². The zero-order chi connectivity index (χ0) is 17.1. The fourth-order valence-electron chi connectivity index (χ4n) is 3.81. The van der Waals surface area contributed by atoms with Crippen molar-refractivity contribution in [3.63, 3.8) is 0 Å².